The van der Waals surface area contributed by atoms with E-state index in [9.17, 15) is 4.79 Å². The molecule has 28 heavy (non-hydrogen) atoms. The first-order chi connectivity index (χ1) is 13.7. The number of hydrogen-bond acceptors (Lipinski definition) is 4. The third-order valence-electron chi connectivity index (χ3n) is 4.61. The van der Waals surface area contributed by atoms with Crippen molar-refractivity contribution in [3.05, 3.63) is 95.1 Å². The number of hydrogen-bond donors (Lipinski definition) is 1. The average molecular weight is 388 g/mol. The quantitative estimate of drug-likeness (QED) is 0.471. The van der Waals surface area contributed by atoms with Crippen LogP contribution in [0.2, 0.25) is 5.02 Å². The lowest BCUT2D eigenvalue weighted by molar-refractivity contribution is 0.102. The molecule has 6 nitrogen and oxygen atoms in total. The fourth-order valence-electron chi connectivity index (χ4n) is 3.25. The Kier molecular flexibility index (Phi) is 3.91. The Morgan fingerprint density at radius 2 is 1.93 bits per heavy atom. The molecule has 7 heteroatoms. The number of imidazole rings is 2. The van der Waals surface area contributed by atoms with E-state index in [4.69, 9.17) is 11.6 Å². The zero-order valence-electron chi connectivity index (χ0n) is 14.6. The molecule has 0 unspecified atom stereocenters. The molecule has 0 spiro atoms. The van der Waals surface area contributed by atoms with Gasteiger partial charge >= 0.3 is 0 Å². The maximum atomic E-state index is 13.1. The summed E-state index contributed by atoms with van der Waals surface area (Å²) in [7, 11) is 0. The second kappa shape index (κ2) is 6.58. The van der Waals surface area contributed by atoms with Gasteiger partial charge < -0.3 is 9.38 Å². The fraction of sp³-hybridized carbons (Fsp3) is 0.0476. The van der Waals surface area contributed by atoms with Crippen molar-refractivity contribution in [3.63, 3.8) is 0 Å². The normalized spacial score (nSPS) is 11.3. The summed E-state index contributed by atoms with van der Waals surface area (Å²) in [6, 6.07) is 15.1. The van der Waals surface area contributed by atoms with Gasteiger partial charge in [0.25, 0.3) is 0 Å². The molecule has 0 radical (unpaired) electrons. The minimum Gasteiger partial charge on any atom is -0.334 e. The number of aromatic amines is 1. The van der Waals surface area contributed by atoms with Gasteiger partial charge in [0.05, 0.1) is 22.7 Å². The van der Waals surface area contributed by atoms with Gasteiger partial charge in [0, 0.05) is 23.8 Å². The highest BCUT2D eigenvalue weighted by atomic mass is 35.5. The number of nitrogens with zero attached hydrogens (tertiary/aromatic N) is 4. The van der Waals surface area contributed by atoms with Gasteiger partial charge in [-0.15, -0.1) is 0 Å². The second-order valence-corrected chi connectivity index (χ2v) is 6.88. The first-order valence-electron chi connectivity index (χ1n) is 8.74. The summed E-state index contributed by atoms with van der Waals surface area (Å²) in [4.78, 5) is 29.3. The zero-order chi connectivity index (χ0) is 19.1. The molecule has 0 aliphatic rings. The van der Waals surface area contributed by atoms with Crippen LogP contribution in [-0.2, 0) is 6.42 Å². The van der Waals surface area contributed by atoms with Crippen LogP contribution in [0.15, 0.2) is 67.1 Å². The zero-order valence-corrected chi connectivity index (χ0v) is 15.4. The highest BCUT2D eigenvalue weighted by molar-refractivity contribution is 6.30. The average Bonchev–Trinajstić information content (AvgIpc) is 3.31. The first-order valence-corrected chi connectivity index (χ1v) is 9.12. The summed E-state index contributed by atoms with van der Waals surface area (Å²) >= 11 is 5.98. The number of halogens is 1. The molecular weight excluding hydrogens is 374 g/mol. The van der Waals surface area contributed by atoms with E-state index in [0.717, 1.165) is 22.4 Å². The molecule has 0 atom stereocenters. The number of H-pyrrole nitrogens is 1. The second-order valence-electron chi connectivity index (χ2n) is 6.44. The lowest BCUT2D eigenvalue weighted by Crippen LogP contribution is -2.05. The summed E-state index contributed by atoms with van der Waals surface area (Å²) in [5, 5.41) is 0.687. The van der Waals surface area contributed by atoms with E-state index in [-0.39, 0.29) is 11.6 Å². The lowest BCUT2D eigenvalue weighted by Gasteiger charge is -2.01. The van der Waals surface area contributed by atoms with Crippen LogP contribution in [0.25, 0.3) is 16.6 Å². The van der Waals surface area contributed by atoms with Crippen LogP contribution in [0.4, 0.5) is 0 Å². The summed E-state index contributed by atoms with van der Waals surface area (Å²) < 4.78 is 1.94. The van der Waals surface area contributed by atoms with E-state index in [1.807, 2.05) is 53.1 Å². The first kappa shape index (κ1) is 16.6. The van der Waals surface area contributed by atoms with Gasteiger partial charge in [0.1, 0.15) is 11.5 Å². The number of pyridine rings is 2. The van der Waals surface area contributed by atoms with Crippen LogP contribution in [0, 0.1) is 0 Å². The molecule has 0 aliphatic carbocycles. The monoisotopic (exact) mass is 387 g/mol. The highest BCUT2D eigenvalue weighted by Gasteiger charge is 2.21. The van der Waals surface area contributed by atoms with Crippen LogP contribution in [0.3, 0.4) is 0 Å². The van der Waals surface area contributed by atoms with Crippen molar-refractivity contribution < 1.29 is 4.79 Å². The molecule has 4 aromatic heterocycles. The maximum absolute atomic E-state index is 13.1. The number of rotatable bonds is 4. The molecule has 0 fully saturated rings. The lowest BCUT2D eigenvalue weighted by atomic mass is 10.1. The van der Waals surface area contributed by atoms with Crippen molar-refractivity contribution in [1.82, 2.24) is 24.3 Å². The molecule has 0 bridgehead atoms. The van der Waals surface area contributed by atoms with Crippen LogP contribution < -0.4 is 0 Å². The van der Waals surface area contributed by atoms with Crippen LogP contribution in [0.1, 0.15) is 27.7 Å². The molecule has 5 rings (SSSR count). The van der Waals surface area contributed by atoms with Crippen molar-refractivity contribution in [2.24, 2.45) is 0 Å². The van der Waals surface area contributed by atoms with Gasteiger partial charge in [0.2, 0.25) is 5.78 Å². The SMILES string of the molecule is O=C(c1nc2ccncc2[nH]1)c1nc(Cc2ccc(Cl)cc2)n2ccccc12. The number of fused-ring (bicyclic) bond motifs is 2. The van der Waals surface area contributed by atoms with Gasteiger partial charge in [-0.25, -0.2) is 9.97 Å². The number of benzene rings is 1. The Labute approximate surface area is 164 Å². The van der Waals surface area contributed by atoms with Gasteiger partial charge in [0.15, 0.2) is 5.82 Å². The summed E-state index contributed by atoms with van der Waals surface area (Å²) in [5.74, 6) is 0.784. The molecule has 0 saturated carbocycles. The van der Waals surface area contributed by atoms with Crippen molar-refractivity contribution in [2.75, 3.05) is 0 Å². The Hall–Kier alpha value is -3.51. The number of carbonyl (C=O) groups excluding carboxylic acids is 1. The van der Waals surface area contributed by atoms with Crippen LogP contribution in [-0.4, -0.2) is 30.1 Å². The molecule has 0 saturated heterocycles. The van der Waals surface area contributed by atoms with E-state index >= 15 is 0 Å². The maximum Gasteiger partial charge on any atom is 0.248 e. The molecule has 5 aromatic rings. The molecule has 0 aliphatic heterocycles. The summed E-state index contributed by atoms with van der Waals surface area (Å²) in [6.07, 6.45) is 5.79. The standard InChI is InChI=1S/C21H14ClN5O/c22-14-6-4-13(5-7-14)11-18-26-19(17-3-1-2-10-27(17)18)20(28)21-24-15-8-9-23-12-16(15)25-21/h1-10,12H,11H2,(H,24,25). The van der Waals surface area contributed by atoms with E-state index < -0.39 is 0 Å². The van der Waals surface area contributed by atoms with Crippen molar-refractivity contribution >= 4 is 33.9 Å². The molecule has 4 heterocycles. The Morgan fingerprint density at radius 3 is 2.75 bits per heavy atom. The van der Waals surface area contributed by atoms with Crippen LogP contribution in [0.5, 0.6) is 0 Å². The predicted molar refractivity (Wildman–Crippen MR) is 107 cm³/mol. The topological polar surface area (TPSA) is 75.9 Å². The van der Waals surface area contributed by atoms with Gasteiger partial charge in [-0.1, -0.05) is 29.8 Å². The van der Waals surface area contributed by atoms with E-state index in [2.05, 4.69) is 19.9 Å². The minimum absolute atomic E-state index is 0.248. The van der Waals surface area contributed by atoms with E-state index in [0.29, 0.717) is 22.7 Å². The van der Waals surface area contributed by atoms with E-state index in [1.54, 1.807) is 18.5 Å². The molecule has 136 valence electrons. The Bertz CT molecular complexity index is 1290. The van der Waals surface area contributed by atoms with E-state index in [1.165, 1.54) is 0 Å². The molecule has 1 aromatic carbocycles. The third-order valence-corrected chi connectivity index (χ3v) is 4.86. The molecule has 1 N–H and O–H groups in total. The third kappa shape index (κ3) is 2.84. The summed E-state index contributed by atoms with van der Waals surface area (Å²) in [6.45, 7) is 0. The largest absolute Gasteiger partial charge is 0.334 e. The molecule has 0 amide bonds. The smallest absolute Gasteiger partial charge is 0.248 e. The van der Waals surface area contributed by atoms with Gasteiger partial charge in [-0.2, -0.15) is 0 Å². The summed E-state index contributed by atoms with van der Waals surface area (Å²) in [5.41, 5.74) is 3.60. The highest BCUT2D eigenvalue weighted by Crippen LogP contribution is 2.20. The molecular formula is C21H14ClN5O. The van der Waals surface area contributed by atoms with Crippen molar-refractivity contribution in [3.8, 4) is 0 Å². The fourth-order valence-corrected chi connectivity index (χ4v) is 3.38. The number of ketones is 1. The van der Waals surface area contributed by atoms with Gasteiger partial charge in [-0.05, 0) is 35.9 Å². The van der Waals surface area contributed by atoms with Crippen molar-refractivity contribution in [2.45, 2.75) is 6.42 Å². The number of nitrogens with one attached hydrogen (secondary N) is 1. The number of aromatic nitrogens is 5. The minimum atomic E-state index is -0.248. The predicted octanol–water partition coefficient (Wildman–Crippen LogP) is 4.08. The number of carbonyl (C=O) groups is 1. The van der Waals surface area contributed by atoms with Gasteiger partial charge in [-0.3, -0.25) is 9.78 Å². The Morgan fingerprint density at radius 1 is 1.07 bits per heavy atom. The van der Waals surface area contributed by atoms with Crippen molar-refractivity contribution in [1.29, 1.82) is 0 Å². The van der Waals surface area contributed by atoms with Crippen LogP contribution >= 0.6 is 11.6 Å². The Balaban J connectivity index is 1.59.